The van der Waals surface area contributed by atoms with E-state index in [1.165, 1.54) is 44.9 Å². The van der Waals surface area contributed by atoms with Crippen LogP contribution in [-0.4, -0.2) is 17.5 Å². The van der Waals surface area contributed by atoms with Crippen LogP contribution in [-0.2, 0) is 4.79 Å². The zero-order valence-corrected chi connectivity index (χ0v) is 14.3. The molecule has 2 heteroatoms. The van der Waals surface area contributed by atoms with Gasteiger partial charge in [-0.1, -0.05) is 20.3 Å². The molecular weight excluding hydrogens is 272 g/mol. The van der Waals surface area contributed by atoms with E-state index in [0.29, 0.717) is 29.6 Å². The normalized spacial score (nSPS) is 54.5. The van der Waals surface area contributed by atoms with Crippen LogP contribution in [0.2, 0.25) is 0 Å². The third-order valence-corrected chi connectivity index (χ3v) is 8.87. The lowest BCUT2D eigenvalue weighted by atomic mass is 9.43. The van der Waals surface area contributed by atoms with Crippen molar-refractivity contribution < 1.29 is 9.90 Å². The lowest BCUT2D eigenvalue weighted by molar-refractivity contribution is -0.153. The summed E-state index contributed by atoms with van der Waals surface area (Å²) in [6, 6.07) is 0. The number of ketones is 1. The van der Waals surface area contributed by atoms with Crippen LogP contribution in [0.15, 0.2) is 0 Å². The highest BCUT2D eigenvalue weighted by Gasteiger charge is 2.60. The Kier molecular flexibility index (Phi) is 3.49. The van der Waals surface area contributed by atoms with Crippen LogP contribution in [0.4, 0.5) is 0 Å². The van der Waals surface area contributed by atoms with Gasteiger partial charge in [0, 0.05) is 19.4 Å². The molecule has 0 saturated heterocycles. The summed E-state index contributed by atoms with van der Waals surface area (Å²) in [6.07, 6.45) is 10.7. The van der Waals surface area contributed by atoms with Crippen molar-refractivity contribution >= 4 is 5.78 Å². The van der Waals surface area contributed by atoms with Crippen molar-refractivity contribution in [3.8, 4) is 0 Å². The molecule has 4 fully saturated rings. The second-order valence-electron chi connectivity index (χ2n) is 9.32. The first-order valence-corrected chi connectivity index (χ1v) is 9.64. The summed E-state index contributed by atoms with van der Waals surface area (Å²) in [7, 11) is 0. The molecule has 0 radical (unpaired) electrons. The quantitative estimate of drug-likeness (QED) is 0.788. The maximum atomic E-state index is 12.1. The van der Waals surface area contributed by atoms with E-state index in [0.717, 1.165) is 30.6 Å². The van der Waals surface area contributed by atoms with Gasteiger partial charge in [-0.05, 0) is 78.9 Å². The Morgan fingerprint density at radius 1 is 1.09 bits per heavy atom. The highest BCUT2D eigenvalue weighted by atomic mass is 16.3. The second-order valence-corrected chi connectivity index (χ2v) is 9.32. The van der Waals surface area contributed by atoms with E-state index in [9.17, 15) is 9.90 Å². The molecule has 0 aromatic heterocycles. The fraction of sp³-hybridized carbons (Fsp3) is 0.950. The van der Waals surface area contributed by atoms with Crippen molar-refractivity contribution in [2.45, 2.75) is 71.6 Å². The minimum absolute atomic E-state index is 0.262. The molecule has 4 aliphatic carbocycles. The molecule has 2 nitrogen and oxygen atoms in total. The number of hydrogen-bond donors (Lipinski definition) is 1. The molecule has 4 saturated carbocycles. The SMILES string of the molecule is C[C@H]1CC(=O)C[C@@H]2CC[C@H]3[C@@H]4CCC[C@@]4(CO)CC[C@@H]3[C@]21C. The average molecular weight is 304 g/mol. The van der Waals surface area contributed by atoms with Crippen molar-refractivity contribution in [2.24, 2.45) is 40.4 Å². The molecule has 0 heterocycles. The van der Waals surface area contributed by atoms with Gasteiger partial charge in [-0.3, -0.25) is 4.79 Å². The van der Waals surface area contributed by atoms with E-state index in [1.54, 1.807) is 0 Å². The van der Waals surface area contributed by atoms with Crippen molar-refractivity contribution in [3.63, 3.8) is 0 Å². The summed E-state index contributed by atoms with van der Waals surface area (Å²) in [5, 5.41) is 10.1. The topological polar surface area (TPSA) is 37.3 Å². The van der Waals surface area contributed by atoms with Crippen molar-refractivity contribution in [3.05, 3.63) is 0 Å². The van der Waals surface area contributed by atoms with Crippen molar-refractivity contribution in [1.82, 2.24) is 0 Å². The van der Waals surface area contributed by atoms with Crippen LogP contribution < -0.4 is 0 Å². The molecule has 1 N–H and O–H groups in total. The van der Waals surface area contributed by atoms with E-state index in [-0.39, 0.29) is 5.41 Å². The second kappa shape index (κ2) is 5.06. The maximum absolute atomic E-state index is 12.1. The predicted octanol–water partition coefficient (Wildman–Crippen LogP) is 4.21. The van der Waals surface area contributed by atoms with Crippen LogP contribution in [0.1, 0.15) is 71.6 Å². The third-order valence-electron chi connectivity index (χ3n) is 8.87. The predicted molar refractivity (Wildman–Crippen MR) is 87.3 cm³/mol. The minimum atomic E-state index is 0.262. The first-order valence-electron chi connectivity index (χ1n) is 9.64. The Balaban J connectivity index is 1.67. The molecule has 0 amide bonds. The molecule has 0 spiro atoms. The number of hydrogen-bond acceptors (Lipinski definition) is 2. The lowest BCUT2D eigenvalue weighted by Gasteiger charge is -2.62. The van der Waals surface area contributed by atoms with E-state index in [1.807, 2.05) is 0 Å². The fourth-order valence-electron chi connectivity index (χ4n) is 7.55. The van der Waals surface area contributed by atoms with Gasteiger partial charge in [-0.25, -0.2) is 0 Å². The molecule has 4 rings (SSSR count). The number of fused-ring (bicyclic) bond motifs is 5. The van der Waals surface area contributed by atoms with Gasteiger partial charge in [0.1, 0.15) is 5.78 Å². The summed E-state index contributed by atoms with van der Waals surface area (Å²) in [4.78, 5) is 12.1. The molecule has 0 bridgehead atoms. The first-order chi connectivity index (χ1) is 10.5. The van der Waals surface area contributed by atoms with Gasteiger partial charge in [0.2, 0.25) is 0 Å². The van der Waals surface area contributed by atoms with Gasteiger partial charge >= 0.3 is 0 Å². The summed E-state index contributed by atoms with van der Waals surface area (Å²) < 4.78 is 0. The van der Waals surface area contributed by atoms with Gasteiger partial charge in [0.25, 0.3) is 0 Å². The lowest BCUT2D eigenvalue weighted by Crippen LogP contribution is -2.56. The summed E-state index contributed by atoms with van der Waals surface area (Å²) in [5.41, 5.74) is 0.638. The standard InChI is InChI=1S/C20H32O2/c1-13-10-15(22)11-14-5-6-16-17(19(13,14)2)7-9-20(12-21)8-3-4-18(16)20/h13-14,16-18,21H,3-12H2,1-2H3/t13-,14-,16+,17-,18-,19-,20-/m0/s1. The first kappa shape index (κ1) is 15.2. The molecule has 7 atom stereocenters. The average Bonchev–Trinajstić information content (AvgIpc) is 2.93. The van der Waals surface area contributed by atoms with Crippen molar-refractivity contribution in [2.75, 3.05) is 6.61 Å². The van der Waals surface area contributed by atoms with Crippen LogP contribution in [0, 0.1) is 40.4 Å². The number of carbonyl (C=O) groups excluding carboxylic acids is 1. The van der Waals surface area contributed by atoms with Crippen LogP contribution in [0.25, 0.3) is 0 Å². The van der Waals surface area contributed by atoms with Crippen LogP contribution in [0.3, 0.4) is 0 Å². The number of rotatable bonds is 1. The molecule has 0 aromatic carbocycles. The number of aliphatic hydroxyl groups excluding tert-OH is 1. The zero-order chi connectivity index (χ0) is 15.5. The minimum Gasteiger partial charge on any atom is -0.396 e. The Morgan fingerprint density at radius 3 is 2.68 bits per heavy atom. The molecule has 4 aliphatic rings. The van der Waals surface area contributed by atoms with E-state index < -0.39 is 0 Å². The van der Waals surface area contributed by atoms with Gasteiger partial charge in [0.05, 0.1) is 0 Å². The largest absolute Gasteiger partial charge is 0.396 e. The van der Waals surface area contributed by atoms with Gasteiger partial charge in [-0.15, -0.1) is 0 Å². The monoisotopic (exact) mass is 304 g/mol. The van der Waals surface area contributed by atoms with Crippen LogP contribution in [0.5, 0.6) is 0 Å². The number of carbonyl (C=O) groups is 1. The molecule has 22 heavy (non-hydrogen) atoms. The number of Topliss-reactive ketones (excluding diaryl/α,β-unsaturated/α-hetero) is 1. The van der Waals surface area contributed by atoms with E-state index >= 15 is 0 Å². The fourth-order valence-corrected chi connectivity index (χ4v) is 7.55. The summed E-state index contributed by atoms with van der Waals surface area (Å²) >= 11 is 0. The van der Waals surface area contributed by atoms with Gasteiger partial charge < -0.3 is 5.11 Å². The highest BCUT2D eigenvalue weighted by Crippen LogP contribution is 2.66. The zero-order valence-electron chi connectivity index (χ0n) is 14.3. The van der Waals surface area contributed by atoms with E-state index in [4.69, 9.17) is 0 Å². The maximum Gasteiger partial charge on any atom is 0.133 e. The van der Waals surface area contributed by atoms with E-state index in [2.05, 4.69) is 13.8 Å². The Labute approximate surface area is 135 Å². The Bertz CT molecular complexity index is 472. The Hall–Kier alpha value is -0.370. The van der Waals surface area contributed by atoms with Gasteiger partial charge in [-0.2, -0.15) is 0 Å². The molecule has 124 valence electrons. The molecule has 0 aliphatic heterocycles. The Morgan fingerprint density at radius 2 is 1.91 bits per heavy atom. The number of aliphatic hydroxyl groups is 1. The molecular formula is C20H32O2. The molecule has 0 aromatic rings. The third kappa shape index (κ3) is 1.85. The summed E-state index contributed by atoms with van der Waals surface area (Å²) in [5.74, 6) is 4.08. The summed E-state index contributed by atoms with van der Waals surface area (Å²) in [6.45, 7) is 5.27. The van der Waals surface area contributed by atoms with Crippen molar-refractivity contribution in [1.29, 1.82) is 0 Å². The van der Waals surface area contributed by atoms with Crippen LogP contribution >= 0.6 is 0 Å². The smallest absolute Gasteiger partial charge is 0.133 e. The highest BCUT2D eigenvalue weighted by molar-refractivity contribution is 5.80. The van der Waals surface area contributed by atoms with Gasteiger partial charge in [0.15, 0.2) is 0 Å². The molecule has 0 unspecified atom stereocenters.